The minimum atomic E-state index is -3.60. The van der Waals surface area contributed by atoms with Gasteiger partial charge < -0.3 is 5.32 Å². The molecule has 0 atom stereocenters. The van der Waals surface area contributed by atoms with Gasteiger partial charge in [-0.3, -0.25) is 4.79 Å². The van der Waals surface area contributed by atoms with Gasteiger partial charge >= 0.3 is 0 Å². The SMILES string of the molecule is C=CCNS(=O)(=O)c1cccc(C(=O)NCCCC)c1. The largest absolute Gasteiger partial charge is 0.352 e. The zero-order valence-corrected chi connectivity index (χ0v) is 12.4. The minimum Gasteiger partial charge on any atom is -0.352 e. The van der Waals surface area contributed by atoms with E-state index in [1.807, 2.05) is 6.92 Å². The van der Waals surface area contributed by atoms with E-state index in [0.717, 1.165) is 12.8 Å². The molecule has 20 heavy (non-hydrogen) atoms. The Labute approximate surface area is 120 Å². The lowest BCUT2D eigenvalue weighted by Crippen LogP contribution is -2.26. The number of benzene rings is 1. The first kappa shape index (κ1) is 16.4. The summed E-state index contributed by atoms with van der Waals surface area (Å²) in [6.07, 6.45) is 3.34. The lowest BCUT2D eigenvalue weighted by molar-refractivity contribution is 0.0953. The number of hydrogen-bond acceptors (Lipinski definition) is 3. The monoisotopic (exact) mass is 296 g/mol. The van der Waals surface area contributed by atoms with Gasteiger partial charge in [-0.15, -0.1) is 6.58 Å². The number of carbonyl (C=O) groups is 1. The third kappa shape index (κ3) is 4.79. The van der Waals surface area contributed by atoms with E-state index >= 15 is 0 Å². The zero-order valence-electron chi connectivity index (χ0n) is 11.6. The Kier molecular flexibility index (Phi) is 6.41. The molecular weight excluding hydrogens is 276 g/mol. The Balaban J connectivity index is 2.85. The summed E-state index contributed by atoms with van der Waals surface area (Å²) in [5.41, 5.74) is 0.336. The molecule has 6 heteroatoms. The second kappa shape index (κ2) is 7.81. The van der Waals surface area contributed by atoms with Gasteiger partial charge in [0.25, 0.3) is 5.91 Å². The molecule has 0 aromatic heterocycles. The topological polar surface area (TPSA) is 75.3 Å². The maximum atomic E-state index is 11.9. The molecule has 2 N–H and O–H groups in total. The number of carbonyl (C=O) groups excluding carboxylic acids is 1. The van der Waals surface area contributed by atoms with E-state index in [9.17, 15) is 13.2 Å². The molecule has 0 saturated carbocycles. The number of rotatable bonds is 8. The van der Waals surface area contributed by atoms with E-state index in [4.69, 9.17) is 0 Å². The summed E-state index contributed by atoms with van der Waals surface area (Å²) >= 11 is 0. The second-order valence-corrected chi connectivity index (χ2v) is 6.04. The fourth-order valence-corrected chi connectivity index (χ4v) is 2.58. The predicted octanol–water partition coefficient (Wildman–Crippen LogP) is 1.68. The van der Waals surface area contributed by atoms with Crippen molar-refractivity contribution in [2.24, 2.45) is 0 Å². The predicted molar refractivity (Wildman–Crippen MR) is 79.1 cm³/mol. The highest BCUT2D eigenvalue weighted by Crippen LogP contribution is 2.11. The van der Waals surface area contributed by atoms with Gasteiger partial charge in [0.1, 0.15) is 0 Å². The molecule has 0 saturated heterocycles. The Hall–Kier alpha value is -1.66. The molecule has 0 heterocycles. The van der Waals surface area contributed by atoms with Gasteiger partial charge in [0, 0.05) is 18.7 Å². The smallest absolute Gasteiger partial charge is 0.251 e. The average molecular weight is 296 g/mol. The third-order valence-corrected chi connectivity index (χ3v) is 4.06. The van der Waals surface area contributed by atoms with Crippen molar-refractivity contribution >= 4 is 15.9 Å². The lowest BCUT2D eigenvalue weighted by Gasteiger charge is -2.07. The van der Waals surface area contributed by atoms with Crippen LogP contribution in [0, 0.1) is 0 Å². The van der Waals surface area contributed by atoms with Crippen LogP contribution in [0.2, 0.25) is 0 Å². The summed E-state index contributed by atoms with van der Waals surface area (Å²) in [4.78, 5) is 11.9. The number of amides is 1. The highest BCUT2D eigenvalue weighted by atomic mass is 32.2. The first-order chi connectivity index (χ1) is 9.51. The van der Waals surface area contributed by atoms with Crippen molar-refractivity contribution in [3.63, 3.8) is 0 Å². The summed E-state index contributed by atoms with van der Waals surface area (Å²) in [5.74, 6) is -0.265. The molecule has 0 unspecified atom stereocenters. The molecule has 110 valence electrons. The second-order valence-electron chi connectivity index (χ2n) is 4.28. The van der Waals surface area contributed by atoms with Crippen LogP contribution in [0.15, 0.2) is 41.8 Å². The standard InChI is InChI=1S/C14H20N2O3S/c1-3-5-10-15-14(17)12-7-6-8-13(11-12)20(18,19)16-9-4-2/h4,6-8,11,16H,2-3,5,9-10H2,1H3,(H,15,17). The molecule has 1 aromatic carbocycles. The van der Waals surface area contributed by atoms with Crippen LogP contribution in [0.5, 0.6) is 0 Å². The normalized spacial score (nSPS) is 11.1. The molecule has 0 aliphatic carbocycles. The minimum absolute atomic E-state index is 0.0718. The Morgan fingerprint density at radius 1 is 1.40 bits per heavy atom. The van der Waals surface area contributed by atoms with Crippen molar-refractivity contribution in [3.05, 3.63) is 42.5 Å². The highest BCUT2D eigenvalue weighted by Gasteiger charge is 2.15. The Morgan fingerprint density at radius 3 is 2.80 bits per heavy atom. The van der Waals surface area contributed by atoms with Gasteiger partial charge in [-0.25, -0.2) is 13.1 Å². The summed E-state index contributed by atoms with van der Waals surface area (Å²) in [6, 6.07) is 5.96. The number of hydrogen-bond donors (Lipinski definition) is 2. The van der Waals surface area contributed by atoms with Crippen molar-refractivity contribution in [2.45, 2.75) is 24.7 Å². The van der Waals surface area contributed by atoms with E-state index in [-0.39, 0.29) is 17.3 Å². The molecule has 0 fully saturated rings. The molecule has 1 rings (SSSR count). The molecule has 0 radical (unpaired) electrons. The molecule has 1 aromatic rings. The highest BCUT2D eigenvalue weighted by molar-refractivity contribution is 7.89. The maximum Gasteiger partial charge on any atom is 0.251 e. The van der Waals surface area contributed by atoms with Crippen LogP contribution in [0.1, 0.15) is 30.1 Å². The van der Waals surface area contributed by atoms with Gasteiger partial charge in [-0.05, 0) is 24.6 Å². The Bertz CT molecular complexity index is 568. The summed E-state index contributed by atoms with van der Waals surface area (Å²) < 4.78 is 26.2. The zero-order chi connectivity index (χ0) is 15.0. The molecule has 1 amide bonds. The van der Waals surface area contributed by atoms with Crippen molar-refractivity contribution in [3.8, 4) is 0 Å². The Morgan fingerprint density at radius 2 is 2.15 bits per heavy atom. The molecule has 0 aliphatic heterocycles. The van der Waals surface area contributed by atoms with Crippen molar-refractivity contribution in [1.29, 1.82) is 0 Å². The van der Waals surface area contributed by atoms with E-state index in [2.05, 4.69) is 16.6 Å². The van der Waals surface area contributed by atoms with Crippen LogP contribution in [0.25, 0.3) is 0 Å². The van der Waals surface area contributed by atoms with Gasteiger partial charge in [0.15, 0.2) is 0 Å². The van der Waals surface area contributed by atoms with Crippen molar-refractivity contribution < 1.29 is 13.2 Å². The maximum absolute atomic E-state index is 11.9. The summed E-state index contributed by atoms with van der Waals surface area (Å²) in [6.45, 7) is 6.22. The van der Waals surface area contributed by atoms with Gasteiger partial charge in [0.05, 0.1) is 4.90 Å². The third-order valence-electron chi connectivity index (χ3n) is 2.64. The molecule has 5 nitrogen and oxygen atoms in total. The number of sulfonamides is 1. The molecule has 0 bridgehead atoms. The average Bonchev–Trinajstić information content (AvgIpc) is 2.45. The fourth-order valence-electron chi connectivity index (χ4n) is 1.54. The van der Waals surface area contributed by atoms with Crippen molar-refractivity contribution in [1.82, 2.24) is 10.0 Å². The summed E-state index contributed by atoms with van der Waals surface area (Å²) in [5, 5.41) is 2.75. The lowest BCUT2D eigenvalue weighted by atomic mass is 10.2. The number of nitrogens with one attached hydrogen (secondary N) is 2. The van der Waals surface area contributed by atoms with Gasteiger partial charge in [-0.1, -0.05) is 25.5 Å². The van der Waals surface area contributed by atoms with E-state index < -0.39 is 10.0 Å². The molecule has 0 spiro atoms. The fraction of sp³-hybridized carbons (Fsp3) is 0.357. The van der Waals surface area contributed by atoms with Crippen LogP contribution in [0.4, 0.5) is 0 Å². The van der Waals surface area contributed by atoms with Crippen LogP contribution >= 0.6 is 0 Å². The van der Waals surface area contributed by atoms with Crippen LogP contribution < -0.4 is 10.0 Å². The van der Waals surface area contributed by atoms with E-state index in [0.29, 0.717) is 12.1 Å². The van der Waals surface area contributed by atoms with Crippen LogP contribution in [0.3, 0.4) is 0 Å². The number of unbranched alkanes of at least 4 members (excludes halogenated alkanes) is 1. The van der Waals surface area contributed by atoms with Gasteiger partial charge in [-0.2, -0.15) is 0 Å². The van der Waals surface area contributed by atoms with Crippen LogP contribution in [-0.4, -0.2) is 27.4 Å². The van der Waals surface area contributed by atoms with Gasteiger partial charge in [0.2, 0.25) is 10.0 Å². The molecule has 0 aliphatic rings. The molecular formula is C14H20N2O3S. The summed E-state index contributed by atoms with van der Waals surface area (Å²) in [7, 11) is -3.60. The first-order valence-electron chi connectivity index (χ1n) is 6.50. The first-order valence-corrected chi connectivity index (χ1v) is 7.98. The van der Waals surface area contributed by atoms with E-state index in [1.54, 1.807) is 12.1 Å². The quantitative estimate of drug-likeness (QED) is 0.566. The van der Waals surface area contributed by atoms with Crippen LogP contribution in [-0.2, 0) is 10.0 Å². The van der Waals surface area contributed by atoms with Crippen molar-refractivity contribution in [2.75, 3.05) is 13.1 Å². The van der Waals surface area contributed by atoms with E-state index in [1.165, 1.54) is 18.2 Å².